The number of aryl methyl sites for hydroxylation is 1. The lowest BCUT2D eigenvalue weighted by Crippen LogP contribution is -2.37. The van der Waals surface area contributed by atoms with Gasteiger partial charge in [0.15, 0.2) is 0 Å². The zero-order valence-electron chi connectivity index (χ0n) is 14.4. The standard InChI is InChI=1S/C19H32N2/c1-14(2)20-13-17-10-6-7-12-21(5)19(17)18-11-8-9-15(3)16(18)4/h8-9,11,14,17,19-20H,6-7,10,12-13H2,1-5H3. The molecule has 0 spiro atoms. The highest BCUT2D eigenvalue weighted by Crippen LogP contribution is 2.36. The molecule has 21 heavy (non-hydrogen) atoms. The molecule has 1 fully saturated rings. The summed E-state index contributed by atoms with van der Waals surface area (Å²) >= 11 is 0. The van der Waals surface area contributed by atoms with Crippen molar-refractivity contribution in [3.05, 3.63) is 34.9 Å². The highest BCUT2D eigenvalue weighted by atomic mass is 15.1. The van der Waals surface area contributed by atoms with E-state index in [1.807, 2.05) is 0 Å². The molecule has 2 unspecified atom stereocenters. The third kappa shape index (κ3) is 4.08. The van der Waals surface area contributed by atoms with Crippen LogP contribution in [0.25, 0.3) is 0 Å². The maximum Gasteiger partial charge on any atom is 0.0388 e. The van der Waals surface area contributed by atoms with E-state index >= 15 is 0 Å². The SMILES string of the molecule is Cc1cccc(C2C(CNC(C)C)CCCCN2C)c1C. The zero-order valence-corrected chi connectivity index (χ0v) is 14.4. The van der Waals surface area contributed by atoms with Crippen molar-refractivity contribution in [2.24, 2.45) is 5.92 Å². The van der Waals surface area contributed by atoms with E-state index in [0.29, 0.717) is 18.0 Å². The molecule has 0 aromatic heterocycles. The van der Waals surface area contributed by atoms with Crippen molar-refractivity contribution in [1.82, 2.24) is 10.2 Å². The first kappa shape index (κ1) is 16.5. The monoisotopic (exact) mass is 288 g/mol. The Hall–Kier alpha value is -0.860. The number of hydrogen-bond donors (Lipinski definition) is 1. The quantitative estimate of drug-likeness (QED) is 0.898. The van der Waals surface area contributed by atoms with Crippen molar-refractivity contribution in [2.75, 3.05) is 20.1 Å². The van der Waals surface area contributed by atoms with E-state index in [0.717, 1.165) is 6.54 Å². The molecule has 1 aliphatic heterocycles. The van der Waals surface area contributed by atoms with Gasteiger partial charge in [-0.3, -0.25) is 4.90 Å². The van der Waals surface area contributed by atoms with Crippen LogP contribution in [0.3, 0.4) is 0 Å². The molecule has 1 aromatic rings. The second kappa shape index (κ2) is 7.42. The van der Waals surface area contributed by atoms with Crippen molar-refractivity contribution < 1.29 is 0 Å². The largest absolute Gasteiger partial charge is 0.314 e. The van der Waals surface area contributed by atoms with E-state index in [2.05, 4.69) is 63.2 Å². The summed E-state index contributed by atoms with van der Waals surface area (Å²) in [6.45, 7) is 11.4. The minimum Gasteiger partial charge on any atom is -0.314 e. The molecular weight excluding hydrogens is 256 g/mol. The number of rotatable bonds is 4. The third-order valence-electron chi connectivity index (χ3n) is 5.01. The molecule has 118 valence electrons. The summed E-state index contributed by atoms with van der Waals surface area (Å²) in [5.74, 6) is 0.709. The second-order valence-electron chi connectivity index (χ2n) is 7.03. The van der Waals surface area contributed by atoms with Crippen molar-refractivity contribution in [2.45, 2.75) is 59.0 Å². The van der Waals surface area contributed by atoms with Gasteiger partial charge in [-0.2, -0.15) is 0 Å². The summed E-state index contributed by atoms with van der Waals surface area (Å²) in [6, 6.07) is 7.92. The molecule has 0 radical (unpaired) electrons. The highest BCUT2D eigenvalue weighted by molar-refractivity contribution is 5.36. The van der Waals surface area contributed by atoms with Gasteiger partial charge < -0.3 is 5.32 Å². The Bertz CT molecular complexity index is 453. The van der Waals surface area contributed by atoms with Crippen LogP contribution < -0.4 is 5.32 Å². The highest BCUT2D eigenvalue weighted by Gasteiger charge is 2.30. The van der Waals surface area contributed by atoms with Gasteiger partial charge in [-0.05, 0) is 62.9 Å². The van der Waals surface area contributed by atoms with Gasteiger partial charge in [-0.25, -0.2) is 0 Å². The molecule has 1 heterocycles. The lowest BCUT2D eigenvalue weighted by Gasteiger charge is -2.34. The van der Waals surface area contributed by atoms with Crippen molar-refractivity contribution in [3.8, 4) is 0 Å². The minimum absolute atomic E-state index is 0.554. The smallest absolute Gasteiger partial charge is 0.0388 e. The van der Waals surface area contributed by atoms with Crippen LogP contribution in [0, 0.1) is 19.8 Å². The molecule has 1 N–H and O–H groups in total. The van der Waals surface area contributed by atoms with Crippen molar-refractivity contribution >= 4 is 0 Å². The molecule has 1 aromatic carbocycles. The van der Waals surface area contributed by atoms with Gasteiger partial charge in [0.05, 0.1) is 0 Å². The van der Waals surface area contributed by atoms with E-state index in [1.165, 1.54) is 42.5 Å². The van der Waals surface area contributed by atoms with Crippen LogP contribution in [0.4, 0.5) is 0 Å². The fourth-order valence-electron chi connectivity index (χ4n) is 3.61. The maximum atomic E-state index is 3.67. The Kier molecular flexibility index (Phi) is 5.83. The van der Waals surface area contributed by atoms with Gasteiger partial charge in [0.25, 0.3) is 0 Å². The topological polar surface area (TPSA) is 15.3 Å². The number of benzene rings is 1. The third-order valence-corrected chi connectivity index (χ3v) is 5.01. The molecule has 1 saturated heterocycles. The molecule has 2 rings (SSSR count). The Morgan fingerprint density at radius 3 is 2.71 bits per heavy atom. The predicted octanol–water partition coefficient (Wildman–Crippen LogP) is 4.07. The summed E-state index contributed by atoms with van der Waals surface area (Å²) in [5, 5.41) is 3.67. The lowest BCUT2D eigenvalue weighted by atomic mass is 9.86. The van der Waals surface area contributed by atoms with E-state index < -0.39 is 0 Å². The molecule has 2 nitrogen and oxygen atoms in total. The molecular formula is C19H32N2. The van der Waals surface area contributed by atoms with Crippen LogP contribution in [0.15, 0.2) is 18.2 Å². The summed E-state index contributed by atoms with van der Waals surface area (Å²) in [6.07, 6.45) is 4.02. The average molecular weight is 288 g/mol. The number of nitrogens with one attached hydrogen (secondary N) is 1. The van der Waals surface area contributed by atoms with Gasteiger partial charge in [-0.1, -0.05) is 38.5 Å². The van der Waals surface area contributed by atoms with Crippen LogP contribution >= 0.6 is 0 Å². The summed E-state index contributed by atoms with van der Waals surface area (Å²) in [5.41, 5.74) is 4.43. The van der Waals surface area contributed by atoms with Gasteiger partial charge in [0, 0.05) is 18.6 Å². The van der Waals surface area contributed by atoms with Crippen LogP contribution in [-0.4, -0.2) is 31.1 Å². The Labute approximate surface area is 130 Å². The number of likely N-dealkylation sites (tertiary alicyclic amines) is 1. The van der Waals surface area contributed by atoms with Gasteiger partial charge in [-0.15, -0.1) is 0 Å². The Morgan fingerprint density at radius 2 is 2.00 bits per heavy atom. The van der Waals surface area contributed by atoms with Gasteiger partial charge >= 0.3 is 0 Å². The number of nitrogens with zero attached hydrogens (tertiary/aromatic N) is 1. The molecule has 1 aliphatic rings. The Morgan fingerprint density at radius 1 is 1.24 bits per heavy atom. The zero-order chi connectivity index (χ0) is 15.4. The predicted molar refractivity (Wildman–Crippen MR) is 91.8 cm³/mol. The van der Waals surface area contributed by atoms with Crippen LogP contribution in [0.2, 0.25) is 0 Å². The fraction of sp³-hybridized carbons (Fsp3) is 0.684. The molecule has 2 atom stereocenters. The first-order chi connectivity index (χ1) is 10.0. The lowest BCUT2D eigenvalue weighted by molar-refractivity contribution is 0.186. The first-order valence-corrected chi connectivity index (χ1v) is 8.50. The maximum absolute atomic E-state index is 3.67. The Balaban J connectivity index is 2.30. The second-order valence-corrected chi connectivity index (χ2v) is 7.03. The molecule has 0 aliphatic carbocycles. The molecule has 0 bridgehead atoms. The summed E-state index contributed by atoms with van der Waals surface area (Å²) in [4.78, 5) is 2.58. The van der Waals surface area contributed by atoms with Crippen molar-refractivity contribution in [3.63, 3.8) is 0 Å². The number of hydrogen-bond acceptors (Lipinski definition) is 2. The van der Waals surface area contributed by atoms with Crippen LogP contribution in [0.5, 0.6) is 0 Å². The van der Waals surface area contributed by atoms with Crippen LogP contribution in [0.1, 0.15) is 55.8 Å². The molecule has 2 heteroatoms. The van der Waals surface area contributed by atoms with Crippen LogP contribution in [-0.2, 0) is 0 Å². The summed E-state index contributed by atoms with van der Waals surface area (Å²) < 4.78 is 0. The normalized spacial score (nSPS) is 24.3. The first-order valence-electron chi connectivity index (χ1n) is 8.50. The molecule has 0 saturated carbocycles. The summed E-state index contributed by atoms with van der Waals surface area (Å²) in [7, 11) is 2.31. The molecule has 0 amide bonds. The van der Waals surface area contributed by atoms with E-state index in [1.54, 1.807) is 0 Å². The fourth-order valence-corrected chi connectivity index (χ4v) is 3.61. The van der Waals surface area contributed by atoms with E-state index in [4.69, 9.17) is 0 Å². The van der Waals surface area contributed by atoms with E-state index in [9.17, 15) is 0 Å². The average Bonchev–Trinajstić information content (AvgIpc) is 2.61. The van der Waals surface area contributed by atoms with E-state index in [-0.39, 0.29) is 0 Å². The van der Waals surface area contributed by atoms with Crippen molar-refractivity contribution in [1.29, 1.82) is 0 Å². The minimum atomic E-state index is 0.554. The van der Waals surface area contributed by atoms with Gasteiger partial charge in [0.2, 0.25) is 0 Å². The van der Waals surface area contributed by atoms with Gasteiger partial charge in [0.1, 0.15) is 0 Å².